The van der Waals surface area contributed by atoms with Crippen LogP contribution < -0.4 is 10.5 Å². The highest BCUT2D eigenvalue weighted by Gasteiger charge is 2.00. The lowest BCUT2D eigenvalue weighted by Gasteiger charge is -2.06. The first kappa shape index (κ1) is 14.5. The van der Waals surface area contributed by atoms with Gasteiger partial charge < -0.3 is 10.5 Å². The molecule has 4 heteroatoms. The van der Waals surface area contributed by atoms with E-state index >= 15 is 0 Å². The summed E-state index contributed by atoms with van der Waals surface area (Å²) in [5.74, 6) is 2.34. The van der Waals surface area contributed by atoms with Gasteiger partial charge in [0.15, 0.2) is 0 Å². The predicted octanol–water partition coefficient (Wildman–Crippen LogP) is 3.10. The van der Waals surface area contributed by atoms with E-state index in [4.69, 9.17) is 10.5 Å². The summed E-state index contributed by atoms with van der Waals surface area (Å²) in [6.45, 7) is 0.689. The molecule has 0 aliphatic heterocycles. The summed E-state index contributed by atoms with van der Waals surface area (Å²) in [7, 11) is 0. The van der Waals surface area contributed by atoms with Gasteiger partial charge in [0.05, 0.1) is 6.61 Å². The number of carbonyl (C=O) groups excluding carboxylic acids is 1. The van der Waals surface area contributed by atoms with Crippen LogP contribution in [0, 0.1) is 0 Å². The van der Waals surface area contributed by atoms with E-state index in [0.717, 1.165) is 17.3 Å². The molecule has 0 heterocycles. The summed E-state index contributed by atoms with van der Waals surface area (Å²) in [5.41, 5.74) is 6.93. The molecule has 104 valence electrons. The third-order valence-corrected chi connectivity index (χ3v) is 3.74. The van der Waals surface area contributed by atoms with Gasteiger partial charge in [-0.2, -0.15) is 11.8 Å². The molecule has 0 bridgehead atoms. The topological polar surface area (TPSA) is 52.3 Å². The molecule has 20 heavy (non-hydrogen) atoms. The second-order valence-corrected chi connectivity index (χ2v) is 5.38. The summed E-state index contributed by atoms with van der Waals surface area (Å²) in [6.07, 6.45) is 0. The van der Waals surface area contributed by atoms with E-state index in [1.54, 1.807) is 23.9 Å². The fourth-order valence-corrected chi connectivity index (χ4v) is 2.46. The van der Waals surface area contributed by atoms with E-state index in [2.05, 4.69) is 0 Å². The Morgan fingerprint density at radius 1 is 1.05 bits per heavy atom. The van der Waals surface area contributed by atoms with Crippen LogP contribution in [0.15, 0.2) is 54.6 Å². The van der Waals surface area contributed by atoms with E-state index in [-0.39, 0.29) is 5.91 Å². The van der Waals surface area contributed by atoms with Crippen molar-refractivity contribution >= 4 is 17.7 Å². The van der Waals surface area contributed by atoms with Crippen molar-refractivity contribution in [1.29, 1.82) is 0 Å². The Kier molecular flexibility index (Phi) is 5.50. The monoisotopic (exact) mass is 287 g/mol. The Labute approximate surface area is 123 Å². The van der Waals surface area contributed by atoms with E-state index in [9.17, 15) is 4.79 Å². The summed E-state index contributed by atoms with van der Waals surface area (Å²) >= 11 is 1.80. The third-order valence-electron chi connectivity index (χ3n) is 2.75. The zero-order chi connectivity index (χ0) is 14.2. The number of nitrogens with two attached hydrogens (primary N) is 1. The molecule has 0 radical (unpaired) electrons. The highest BCUT2D eigenvalue weighted by Crippen LogP contribution is 2.14. The van der Waals surface area contributed by atoms with Gasteiger partial charge in [-0.3, -0.25) is 4.79 Å². The van der Waals surface area contributed by atoms with Crippen LogP contribution in [0.25, 0.3) is 0 Å². The lowest BCUT2D eigenvalue weighted by atomic mass is 10.1. The number of thioether (sulfide) groups is 1. The quantitative estimate of drug-likeness (QED) is 0.796. The van der Waals surface area contributed by atoms with Crippen LogP contribution in [-0.4, -0.2) is 18.3 Å². The lowest BCUT2D eigenvalue weighted by molar-refractivity contribution is 0.100. The van der Waals surface area contributed by atoms with Gasteiger partial charge in [0, 0.05) is 17.1 Å². The van der Waals surface area contributed by atoms with Gasteiger partial charge in [0.25, 0.3) is 0 Å². The fraction of sp³-hybridized carbons (Fsp3) is 0.188. The average Bonchev–Trinajstić information content (AvgIpc) is 2.48. The normalized spacial score (nSPS) is 10.2. The molecule has 2 aromatic carbocycles. The zero-order valence-electron chi connectivity index (χ0n) is 11.1. The molecule has 0 unspecified atom stereocenters. The molecular formula is C16H17NO2S. The Balaban J connectivity index is 1.67. The fourth-order valence-electron chi connectivity index (χ4n) is 1.69. The van der Waals surface area contributed by atoms with E-state index in [1.165, 1.54) is 5.56 Å². The predicted molar refractivity (Wildman–Crippen MR) is 83.1 cm³/mol. The molecule has 1 amide bonds. The van der Waals surface area contributed by atoms with Crippen LogP contribution >= 0.6 is 11.8 Å². The molecular weight excluding hydrogens is 270 g/mol. The molecule has 2 rings (SSSR count). The van der Waals surface area contributed by atoms with Crippen molar-refractivity contribution in [3.63, 3.8) is 0 Å². The highest BCUT2D eigenvalue weighted by molar-refractivity contribution is 7.98. The number of rotatable bonds is 7. The molecule has 0 aliphatic rings. The van der Waals surface area contributed by atoms with Crippen LogP contribution in [0.3, 0.4) is 0 Å². The Morgan fingerprint density at radius 2 is 1.75 bits per heavy atom. The summed E-state index contributed by atoms with van der Waals surface area (Å²) < 4.78 is 5.61. The maximum absolute atomic E-state index is 10.9. The number of hydrogen-bond donors (Lipinski definition) is 1. The minimum Gasteiger partial charge on any atom is -0.493 e. The number of benzene rings is 2. The number of primary amides is 1. The zero-order valence-corrected chi connectivity index (χ0v) is 11.9. The Bertz CT molecular complexity index is 540. The van der Waals surface area contributed by atoms with Crippen LogP contribution in [0.2, 0.25) is 0 Å². The first-order valence-corrected chi connectivity index (χ1v) is 7.55. The minimum absolute atomic E-state index is 0.388. The SMILES string of the molecule is NC(=O)c1ccc(CSCCOc2ccccc2)cc1. The van der Waals surface area contributed by atoms with Gasteiger partial charge in [-0.1, -0.05) is 30.3 Å². The minimum atomic E-state index is -0.388. The van der Waals surface area contributed by atoms with E-state index in [0.29, 0.717) is 12.2 Å². The molecule has 0 fully saturated rings. The summed E-state index contributed by atoms with van der Waals surface area (Å²) in [5, 5.41) is 0. The van der Waals surface area contributed by atoms with Gasteiger partial charge in [0.2, 0.25) is 5.91 Å². The van der Waals surface area contributed by atoms with Crippen LogP contribution in [0.4, 0.5) is 0 Å². The van der Waals surface area contributed by atoms with Gasteiger partial charge in [0.1, 0.15) is 5.75 Å². The molecule has 0 atom stereocenters. The van der Waals surface area contributed by atoms with Gasteiger partial charge >= 0.3 is 0 Å². The van der Waals surface area contributed by atoms with Crippen molar-refractivity contribution < 1.29 is 9.53 Å². The second-order valence-electron chi connectivity index (χ2n) is 4.28. The van der Waals surface area contributed by atoms with Crippen LogP contribution in [0.1, 0.15) is 15.9 Å². The number of carbonyl (C=O) groups is 1. The second kappa shape index (κ2) is 7.60. The van der Waals surface area contributed by atoms with Crippen molar-refractivity contribution in [1.82, 2.24) is 0 Å². The van der Waals surface area contributed by atoms with E-state index < -0.39 is 0 Å². The molecule has 2 N–H and O–H groups in total. The van der Waals surface area contributed by atoms with Gasteiger partial charge in [-0.25, -0.2) is 0 Å². The number of hydrogen-bond acceptors (Lipinski definition) is 3. The summed E-state index contributed by atoms with van der Waals surface area (Å²) in [6, 6.07) is 17.2. The van der Waals surface area contributed by atoms with Gasteiger partial charge in [-0.15, -0.1) is 0 Å². The van der Waals surface area contributed by atoms with Crippen LogP contribution in [0.5, 0.6) is 5.75 Å². The number of ether oxygens (including phenoxy) is 1. The summed E-state index contributed by atoms with van der Waals surface area (Å²) in [4.78, 5) is 10.9. The molecule has 3 nitrogen and oxygen atoms in total. The van der Waals surface area contributed by atoms with Crippen molar-refractivity contribution in [2.75, 3.05) is 12.4 Å². The third kappa shape index (κ3) is 4.63. The number of para-hydroxylation sites is 1. The smallest absolute Gasteiger partial charge is 0.248 e. The molecule has 0 spiro atoms. The molecule has 0 saturated carbocycles. The molecule has 0 aliphatic carbocycles. The number of amides is 1. The van der Waals surface area contributed by atoms with Crippen molar-refractivity contribution in [2.24, 2.45) is 5.73 Å². The van der Waals surface area contributed by atoms with Crippen molar-refractivity contribution in [3.8, 4) is 5.75 Å². The molecule has 0 saturated heterocycles. The van der Waals surface area contributed by atoms with Crippen molar-refractivity contribution in [3.05, 3.63) is 65.7 Å². The average molecular weight is 287 g/mol. The maximum Gasteiger partial charge on any atom is 0.248 e. The molecule has 0 aromatic heterocycles. The Hall–Kier alpha value is -1.94. The van der Waals surface area contributed by atoms with Gasteiger partial charge in [-0.05, 0) is 29.8 Å². The highest BCUT2D eigenvalue weighted by atomic mass is 32.2. The molecule has 2 aromatic rings. The largest absolute Gasteiger partial charge is 0.493 e. The van der Waals surface area contributed by atoms with Crippen molar-refractivity contribution in [2.45, 2.75) is 5.75 Å². The lowest BCUT2D eigenvalue weighted by Crippen LogP contribution is -2.10. The van der Waals surface area contributed by atoms with Crippen LogP contribution in [-0.2, 0) is 5.75 Å². The first-order valence-electron chi connectivity index (χ1n) is 6.40. The standard InChI is InChI=1S/C16H17NO2S/c17-16(18)14-8-6-13(7-9-14)12-20-11-10-19-15-4-2-1-3-5-15/h1-9H,10-12H2,(H2,17,18). The first-order chi connectivity index (χ1) is 9.75. The maximum atomic E-state index is 10.9. The van der Waals surface area contributed by atoms with E-state index in [1.807, 2.05) is 42.5 Å². The Morgan fingerprint density at radius 3 is 2.40 bits per heavy atom.